The van der Waals surface area contributed by atoms with Crippen LogP contribution in [-0.4, -0.2) is 43.6 Å². The number of halogens is 1. The summed E-state index contributed by atoms with van der Waals surface area (Å²) in [5.74, 6) is -1.14. The number of pyridine rings is 1. The standard InChI is InChI=1S/C23H28FN5O5/c1-6-7-14(3)34-18-11-17(29-23(32)28(4)19(12-30)27-29)16(24)10-15(18)21(31)26-20-13(2)8-9-25-22(20)33-5/h8-11,14,30H,6-7,12H2,1-5H3,(H,26,31). The number of benzene rings is 1. The van der Waals surface area contributed by atoms with Gasteiger partial charge in [-0.05, 0) is 38.0 Å². The van der Waals surface area contributed by atoms with E-state index in [2.05, 4.69) is 15.4 Å². The number of hydrogen-bond donors (Lipinski definition) is 2. The average molecular weight is 474 g/mol. The molecule has 2 aromatic heterocycles. The van der Waals surface area contributed by atoms with Crippen molar-refractivity contribution in [2.24, 2.45) is 7.05 Å². The summed E-state index contributed by atoms with van der Waals surface area (Å²) in [5.41, 5.74) is 0.131. The molecule has 0 saturated heterocycles. The van der Waals surface area contributed by atoms with Crippen LogP contribution in [0.25, 0.3) is 5.69 Å². The number of aromatic nitrogens is 4. The fraction of sp³-hybridized carbons (Fsp3) is 0.391. The van der Waals surface area contributed by atoms with Crippen molar-refractivity contribution in [3.63, 3.8) is 0 Å². The molecule has 182 valence electrons. The predicted molar refractivity (Wildman–Crippen MR) is 123 cm³/mol. The van der Waals surface area contributed by atoms with E-state index in [1.807, 2.05) is 13.8 Å². The Morgan fingerprint density at radius 1 is 1.35 bits per heavy atom. The van der Waals surface area contributed by atoms with Crippen LogP contribution in [0, 0.1) is 12.7 Å². The summed E-state index contributed by atoms with van der Waals surface area (Å²) >= 11 is 0. The maximum Gasteiger partial charge on any atom is 0.350 e. The van der Waals surface area contributed by atoms with E-state index in [1.165, 1.54) is 20.2 Å². The number of aliphatic hydroxyl groups excluding tert-OH is 1. The highest BCUT2D eigenvalue weighted by atomic mass is 19.1. The topological polar surface area (TPSA) is 120 Å². The molecule has 1 amide bonds. The van der Waals surface area contributed by atoms with Gasteiger partial charge >= 0.3 is 5.69 Å². The molecule has 0 bridgehead atoms. The summed E-state index contributed by atoms with van der Waals surface area (Å²) in [4.78, 5) is 29.8. The Kier molecular flexibility index (Phi) is 7.67. The largest absolute Gasteiger partial charge is 0.490 e. The minimum absolute atomic E-state index is 0.0622. The lowest BCUT2D eigenvalue weighted by molar-refractivity contribution is 0.101. The third kappa shape index (κ3) is 4.93. The van der Waals surface area contributed by atoms with E-state index in [9.17, 15) is 14.7 Å². The van der Waals surface area contributed by atoms with Gasteiger partial charge in [-0.25, -0.2) is 14.2 Å². The Morgan fingerprint density at radius 2 is 2.09 bits per heavy atom. The monoisotopic (exact) mass is 473 g/mol. The quantitative estimate of drug-likeness (QED) is 0.490. The molecule has 11 heteroatoms. The van der Waals surface area contributed by atoms with Crippen molar-refractivity contribution in [1.29, 1.82) is 0 Å². The van der Waals surface area contributed by atoms with Crippen LogP contribution in [-0.2, 0) is 13.7 Å². The third-order valence-electron chi connectivity index (χ3n) is 5.31. The van der Waals surface area contributed by atoms with Crippen molar-refractivity contribution in [3.05, 3.63) is 57.6 Å². The normalized spacial score (nSPS) is 11.9. The summed E-state index contributed by atoms with van der Waals surface area (Å²) in [5, 5.41) is 16.1. The number of anilines is 1. The van der Waals surface area contributed by atoms with Crippen molar-refractivity contribution in [1.82, 2.24) is 19.3 Å². The lowest BCUT2D eigenvalue weighted by atomic mass is 10.1. The molecular weight excluding hydrogens is 445 g/mol. The number of rotatable bonds is 9. The van der Waals surface area contributed by atoms with Crippen LogP contribution in [0.2, 0.25) is 0 Å². The molecule has 1 aromatic carbocycles. The van der Waals surface area contributed by atoms with E-state index in [-0.39, 0.29) is 34.8 Å². The van der Waals surface area contributed by atoms with Gasteiger partial charge in [0.15, 0.2) is 5.82 Å². The average Bonchev–Trinajstić information content (AvgIpc) is 3.09. The summed E-state index contributed by atoms with van der Waals surface area (Å²) in [6.45, 7) is 5.10. The third-order valence-corrected chi connectivity index (χ3v) is 5.31. The fourth-order valence-corrected chi connectivity index (χ4v) is 3.46. The van der Waals surface area contributed by atoms with Gasteiger partial charge in [0, 0.05) is 19.3 Å². The van der Waals surface area contributed by atoms with E-state index in [4.69, 9.17) is 9.47 Å². The molecule has 34 heavy (non-hydrogen) atoms. The second-order valence-corrected chi connectivity index (χ2v) is 7.81. The van der Waals surface area contributed by atoms with Gasteiger partial charge in [-0.1, -0.05) is 13.3 Å². The molecule has 10 nitrogen and oxygen atoms in total. The minimum Gasteiger partial charge on any atom is -0.490 e. The molecule has 3 rings (SSSR count). The second kappa shape index (κ2) is 10.5. The number of nitrogens with zero attached hydrogens (tertiary/aromatic N) is 4. The number of amides is 1. The number of carbonyl (C=O) groups is 1. The van der Waals surface area contributed by atoms with Gasteiger partial charge < -0.3 is 19.9 Å². The van der Waals surface area contributed by atoms with Crippen LogP contribution in [0.15, 0.2) is 29.2 Å². The molecule has 2 heterocycles. The molecule has 1 atom stereocenters. The SMILES string of the molecule is CCCC(C)Oc1cc(-n2nc(CO)n(C)c2=O)c(F)cc1C(=O)Nc1c(C)ccnc1OC. The van der Waals surface area contributed by atoms with Gasteiger partial charge in [-0.3, -0.25) is 9.36 Å². The predicted octanol–water partition coefficient (Wildman–Crippen LogP) is 2.73. The van der Waals surface area contributed by atoms with Gasteiger partial charge in [0.25, 0.3) is 5.91 Å². The summed E-state index contributed by atoms with van der Waals surface area (Å²) < 4.78 is 28.3. The van der Waals surface area contributed by atoms with Crippen molar-refractivity contribution < 1.29 is 23.8 Å². The number of methoxy groups -OCH3 is 1. The lowest BCUT2D eigenvalue weighted by Gasteiger charge is -2.19. The van der Waals surface area contributed by atoms with Crippen LogP contribution in [0.3, 0.4) is 0 Å². The molecule has 3 aromatic rings. The highest BCUT2D eigenvalue weighted by Crippen LogP contribution is 2.30. The maximum atomic E-state index is 15.2. The van der Waals surface area contributed by atoms with E-state index in [0.29, 0.717) is 17.7 Å². The Labute approximate surface area is 196 Å². The molecule has 0 aliphatic heterocycles. The molecule has 0 aliphatic rings. The zero-order valence-electron chi connectivity index (χ0n) is 19.8. The van der Waals surface area contributed by atoms with Crippen LogP contribution < -0.4 is 20.5 Å². The van der Waals surface area contributed by atoms with Crippen molar-refractivity contribution in [2.45, 2.75) is 46.3 Å². The number of nitrogens with one attached hydrogen (secondary N) is 1. The van der Waals surface area contributed by atoms with Crippen molar-refractivity contribution in [3.8, 4) is 17.3 Å². The first kappa shape index (κ1) is 24.9. The number of aliphatic hydroxyl groups is 1. The Morgan fingerprint density at radius 3 is 2.71 bits per heavy atom. The molecular formula is C23H28FN5O5. The Balaban J connectivity index is 2.11. The van der Waals surface area contributed by atoms with Gasteiger partial charge in [0.2, 0.25) is 5.88 Å². The zero-order chi connectivity index (χ0) is 25.0. The van der Waals surface area contributed by atoms with Gasteiger partial charge in [-0.15, -0.1) is 5.10 Å². The first-order valence-electron chi connectivity index (χ1n) is 10.8. The van der Waals surface area contributed by atoms with E-state index in [1.54, 1.807) is 19.2 Å². The summed E-state index contributed by atoms with van der Waals surface area (Å²) in [7, 11) is 2.85. The highest BCUT2D eigenvalue weighted by Gasteiger charge is 2.23. The maximum absolute atomic E-state index is 15.2. The number of carbonyl (C=O) groups excluding carboxylic acids is 1. The lowest BCUT2D eigenvalue weighted by Crippen LogP contribution is -2.24. The van der Waals surface area contributed by atoms with Crippen LogP contribution in [0.5, 0.6) is 11.6 Å². The highest BCUT2D eigenvalue weighted by molar-refractivity contribution is 6.07. The van der Waals surface area contributed by atoms with E-state index < -0.39 is 24.0 Å². The van der Waals surface area contributed by atoms with Gasteiger partial charge in [-0.2, -0.15) is 4.68 Å². The molecule has 0 spiro atoms. The zero-order valence-corrected chi connectivity index (χ0v) is 19.8. The first-order chi connectivity index (χ1) is 16.2. The van der Waals surface area contributed by atoms with Gasteiger partial charge in [0.05, 0.1) is 18.8 Å². The molecule has 0 radical (unpaired) electrons. The summed E-state index contributed by atoms with van der Waals surface area (Å²) in [6.07, 6.45) is 2.80. The Bertz CT molecular complexity index is 1250. The van der Waals surface area contributed by atoms with Crippen LogP contribution in [0.1, 0.15) is 48.4 Å². The van der Waals surface area contributed by atoms with Crippen molar-refractivity contribution in [2.75, 3.05) is 12.4 Å². The number of hydrogen-bond acceptors (Lipinski definition) is 7. The van der Waals surface area contributed by atoms with E-state index >= 15 is 4.39 Å². The number of aryl methyl sites for hydroxylation is 1. The van der Waals surface area contributed by atoms with Crippen LogP contribution >= 0.6 is 0 Å². The second-order valence-electron chi connectivity index (χ2n) is 7.81. The Hall–Kier alpha value is -3.73. The smallest absolute Gasteiger partial charge is 0.350 e. The molecule has 0 fully saturated rings. The molecule has 0 aliphatic carbocycles. The summed E-state index contributed by atoms with van der Waals surface area (Å²) in [6, 6.07) is 3.96. The number of ether oxygens (including phenoxy) is 2. The van der Waals surface area contributed by atoms with Gasteiger partial charge in [0.1, 0.15) is 29.5 Å². The van der Waals surface area contributed by atoms with Crippen molar-refractivity contribution >= 4 is 11.6 Å². The first-order valence-corrected chi connectivity index (χ1v) is 10.8. The minimum atomic E-state index is -0.861. The molecule has 2 N–H and O–H groups in total. The fourth-order valence-electron chi connectivity index (χ4n) is 3.46. The molecule has 0 saturated carbocycles. The van der Waals surface area contributed by atoms with Crippen LogP contribution in [0.4, 0.5) is 10.1 Å². The van der Waals surface area contributed by atoms with E-state index in [0.717, 1.165) is 21.7 Å². The molecule has 1 unspecified atom stereocenters.